The summed E-state index contributed by atoms with van der Waals surface area (Å²) in [6, 6.07) is 1.98. The number of halogens is 3. The third kappa shape index (κ3) is 3.50. The molecule has 2 rings (SSSR count). The van der Waals surface area contributed by atoms with Crippen molar-refractivity contribution in [3.05, 3.63) is 35.1 Å². The number of rotatable bonds is 4. The maximum absolute atomic E-state index is 13.5. The monoisotopic (exact) mass is 272 g/mol. The molecule has 0 radical (unpaired) electrons. The van der Waals surface area contributed by atoms with Gasteiger partial charge in [0.05, 0.1) is 6.10 Å². The quantitative estimate of drug-likeness (QED) is 0.800. The molecule has 106 valence electrons. The Labute approximate surface area is 111 Å². The van der Waals surface area contributed by atoms with E-state index in [1.165, 1.54) is 19.3 Å². The topological polar surface area (TPSA) is 20.2 Å². The van der Waals surface area contributed by atoms with Gasteiger partial charge in [-0.1, -0.05) is 38.2 Å². The molecule has 1 aliphatic rings. The van der Waals surface area contributed by atoms with Crippen LogP contribution in [0.1, 0.15) is 56.6 Å². The van der Waals surface area contributed by atoms with Crippen molar-refractivity contribution in [1.82, 2.24) is 0 Å². The number of hydrogen-bond acceptors (Lipinski definition) is 1. The zero-order valence-electron chi connectivity index (χ0n) is 10.8. The Hall–Kier alpha value is -1.03. The van der Waals surface area contributed by atoms with Gasteiger partial charge in [-0.05, 0) is 24.8 Å². The number of hydrogen-bond donors (Lipinski definition) is 1. The summed E-state index contributed by atoms with van der Waals surface area (Å²) in [6.07, 6.45) is 6.11. The van der Waals surface area contributed by atoms with E-state index in [0.717, 1.165) is 31.4 Å². The number of benzene rings is 1. The van der Waals surface area contributed by atoms with Crippen LogP contribution in [-0.2, 0) is 0 Å². The molecule has 0 aromatic heterocycles. The zero-order valence-corrected chi connectivity index (χ0v) is 10.8. The number of aliphatic hydroxyl groups excluding tert-OH is 1. The predicted molar refractivity (Wildman–Crippen MR) is 67.1 cm³/mol. The molecule has 1 fully saturated rings. The summed E-state index contributed by atoms with van der Waals surface area (Å²) < 4.78 is 39.4. The van der Waals surface area contributed by atoms with Crippen LogP contribution in [0.4, 0.5) is 13.2 Å². The van der Waals surface area contributed by atoms with Crippen LogP contribution in [0.25, 0.3) is 0 Å². The van der Waals surface area contributed by atoms with E-state index in [-0.39, 0.29) is 5.56 Å². The van der Waals surface area contributed by atoms with Gasteiger partial charge in [0.1, 0.15) is 0 Å². The Kier molecular flexibility index (Phi) is 4.86. The standard InChI is InChI=1S/C15H19F3O/c16-12-8-7-11(14(17)15(12)18)13(19)9-6-10-4-2-1-3-5-10/h7-8,10,13,19H,1-6,9H2. The summed E-state index contributed by atoms with van der Waals surface area (Å²) in [5, 5.41) is 9.92. The first kappa shape index (κ1) is 14.4. The van der Waals surface area contributed by atoms with Gasteiger partial charge in [-0.25, -0.2) is 13.2 Å². The van der Waals surface area contributed by atoms with Gasteiger partial charge in [-0.2, -0.15) is 0 Å². The lowest BCUT2D eigenvalue weighted by molar-refractivity contribution is 0.146. The van der Waals surface area contributed by atoms with Crippen molar-refractivity contribution in [3.8, 4) is 0 Å². The highest BCUT2D eigenvalue weighted by atomic mass is 19.2. The zero-order chi connectivity index (χ0) is 13.8. The smallest absolute Gasteiger partial charge is 0.194 e. The SMILES string of the molecule is OC(CCC1CCCCC1)c1ccc(F)c(F)c1F. The normalized spacial score (nSPS) is 18.5. The predicted octanol–water partition coefficient (Wildman–Crippen LogP) is 4.50. The highest BCUT2D eigenvalue weighted by Gasteiger charge is 2.21. The van der Waals surface area contributed by atoms with Gasteiger partial charge in [-0.15, -0.1) is 0 Å². The van der Waals surface area contributed by atoms with Crippen molar-refractivity contribution >= 4 is 0 Å². The molecule has 1 aromatic carbocycles. The van der Waals surface area contributed by atoms with Gasteiger partial charge in [0.2, 0.25) is 0 Å². The molecule has 1 aromatic rings. The molecule has 1 aliphatic carbocycles. The maximum Gasteiger partial charge on any atom is 0.194 e. The third-order valence-electron chi connectivity index (χ3n) is 4.00. The van der Waals surface area contributed by atoms with Gasteiger partial charge in [-0.3, -0.25) is 0 Å². The second-order valence-corrected chi connectivity index (χ2v) is 5.36. The molecule has 0 bridgehead atoms. The molecule has 1 saturated carbocycles. The summed E-state index contributed by atoms with van der Waals surface area (Å²) in [5.41, 5.74) is -0.144. The van der Waals surface area contributed by atoms with E-state index in [1.807, 2.05) is 0 Å². The molecule has 0 amide bonds. The fourth-order valence-electron chi connectivity index (χ4n) is 2.82. The van der Waals surface area contributed by atoms with Crippen LogP contribution in [-0.4, -0.2) is 5.11 Å². The Balaban J connectivity index is 1.95. The van der Waals surface area contributed by atoms with Gasteiger partial charge < -0.3 is 5.11 Å². The van der Waals surface area contributed by atoms with Crippen molar-refractivity contribution in [2.24, 2.45) is 5.92 Å². The van der Waals surface area contributed by atoms with Crippen LogP contribution >= 0.6 is 0 Å². The van der Waals surface area contributed by atoms with E-state index in [1.54, 1.807) is 0 Å². The summed E-state index contributed by atoms with van der Waals surface area (Å²) in [5.74, 6) is -3.43. The highest BCUT2D eigenvalue weighted by molar-refractivity contribution is 5.22. The Bertz CT molecular complexity index is 428. The van der Waals surface area contributed by atoms with Gasteiger partial charge in [0.15, 0.2) is 17.5 Å². The first-order valence-corrected chi connectivity index (χ1v) is 6.91. The fraction of sp³-hybridized carbons (Fsp3) is 0.600. The molecule has 0 aliphatic heterocycles. The lowest BCUT2D eigenvalue weighted by Gasteiger charge is -2.22. The van der Waals surface area contributed by atoms with E-state index in [2.05, 4.69) is 0 Å². The average Bonchev–Trinajstić information content (AvgIpc) is 2.43. The first-order valence-electron chi connectivity index (χ1n) is 6.91. The van der Waals surface area contributed by atoms with Crippen LogP contribution in [0.3, 0.4) is 0 Å². The minimum atomic E-state index is -1.51. The number of aliphatic hydroxyl groups is 1. The molecule has 1 nitrogen and oxygen atoms in total. The minimum absolute atomic E-state index is 0.144. The molecule has 19 heavy (non-hydrogen) atoms. The van der Waals surface area contributed by atoms with Crippen LogP contribution in [0.15, 0.2) is 12.1 Å². The van der Waals surface area contributed by atoms with Gasteiger partial charge >= 0.3 is 0 Å². The summed E-state index contributed by atoms with van der Waals surface area (Å²) in [6.45, 7) is 0. The van der Waals surface area contributed by atoms with Gasteiger partial charge in [0, 0.05) is 5.56 Å². The third-order valence-corrected chi connectivity index (χ3v) is 4.00. The molecule has 0 heterocycles. The van der Waals surface area contributed by atoms with Crippen LogP contribution in [0.5, 0.6) is 0 Å². The van der Waals surface area contributed by atoms with Crippen LogP contribution < -0.4 is 0 Å². The largest absolute Gasteiger partial charge is 0.388 e. The summed E-state index contributed by atoms with van der Waals surface area (Å²) in [7, 11) is 0. The molecular weight excluding hydrogens is 253 g/mol. The van der Waals surface area contributed by atoms with E-state index < -0.39 is 23.6 Å². The molecule has 1 N–H and O–H groups in total. The van der Waals surface area contributed by atoms with E-state index in [0.29, 0.717) is 12.3 Å². The maximum atomic E-state index is 13.5. The Morgan fingerprint density at radius 2 is 1.74 bits per heavy atom. The Morgan fingerprint density at radius 1 is 1.05 bits per heavy atom. The van der Waals surface area contributed by atoms with Crippen molar-refractivity contribution in [3.63, 3.8) is 0 Å². The van der Waals surface area contributed by atoms with E-state index in [9.17, 15) is 18.3 Å². The molecular formula is C15H19F3O. The van der Waals surface area contributed by atoms with Crippen molar-refractivity contribution in [2.75, 3.05) is 0 Å². The van der Waals surface area contributed by atoms with Crippen LogP contribution in [0, 0.1) is 23.4 Å². The molecule has 0 saturated heterocycles. The minimum Gasteiger partial charge on any atom is -0.388 e. The summed E-state index contributed by atoms with van der Waals surface area (Å²) in [4.78, 5) is 0. The Morgan fingerprint density at radius 3 is 2.42 bits per heavy atom. The molecule has 4 heteroatoms. The van der Waals surface area contributed by atoms with Crippen LogP contribution in [0.2, 0.25) is 0 Å². The first-order chi connectivity index (χ1) is 9.09. The molecule has 1 unspecified atom stereocenters. The van der Waals surface area contributed by atoms with Crippen molar-refractivity contribution in [2.45, 2.75) is 51.0 Å². The second-order valence-electron chi connectivity index (χ2n) is 5.36. The average molecular weight is 272 g/mol. The van der Waals surface area contributed by atoms with E-state index in [4.69, 9.17) is 0 Å². The lowest BCUT2D eigenvalue weighted by atomic mass is 9.85. The molecule has 0 spiro atoms. The highest BCUT2D eigenvalue weighted by Crippen LogP contribution is 2.31. The lowest BCUT2D eigenvalue weighted by Crippen LogP contribution is -2.10. The van der Waals surface area contributed by atoms with Crippen molar-refractivity contribution < 1.29 is 18.3 Å². The van der Waals surface area contributed by atoms with E-state index >= 15 is 0 Å². The second kappa shape index (κ2) is 6.42. The fourth-order valence-corrected chi connectivity index (χ4v) is 2.82. The summed E-state index contributed by atoms with van der Waals surface area (Å²) >= 11 is 0. The van der Waals surface area contributed by atoms with Crippen molar-refractivity contribution in [1.29, 1.82) is 0 Å². The van der Waals surface area contributed by atoms with Gasteiger partial charge in [0.25, 0.3) is 0 Å². The molecule has 1 atom stereocenters.